The number of nitrogens with zero attached hydrogens (tertiary/aromatic N) is 5. The Kier molecular flexibility index (Phi) is 4.59. The number of aryl methyl sites for hydroxylation is 1. The van der Waals surface area contributed by atoms with E-state index in [4.69, 9.17) is 11.6 Å². The lowest BCUT2D eigenvalue weighted by atomic mass is 10.3. The van der Waals surface area contributed by atoms with Crippen LogP contribution in [0.15, 0.2) is 47.3 Å². The van der Waals surface area contributed by atoms with Crippen molar-refractivity contribution in [2.45, 2.75) is 13.5 Å². The smallest absolute Gasteiger partial charge is 0.299 e. The summed E-state index contributed by atoms with van der Waals surface area (Å²) < 4.78 is 1.87. The molecular formula is C15H12ClN5OS. The van der Waals surface area contributed by atoms with Gasteiger partial charge in [-0.05, 0) is 18.6 Å². The fraction of sp³-hybridized carbons (Fsp3) is 0.133. The third-order valence-corrected chi connectivity index (χ3v) is 4.02. The first-order valence-electron chi connectivity index (χ1n) is 6.74. The van der Waals surface area contributed by atoms with Crippen molar-refractivity contribution in [2.24, 2.45) is 4.99 Å². The first kappa shape index (κ1) is 15.5. The predicted molar refractivity (Wildman–Crippen MR) is 87.3 cm³/mol. The van der Waals surface area contributed by atoms with Crippen molar-refractivity contribution in [1.82, 2.24) is 19.5 Å². The summed E-state index contributed by atoms with van der Waals surface area (Å²) in [6.07, 6.45) is 6.54. The first-order chi connectivity index (χ1) is 11.1. The highest BCUT2D eigenvalue weighted by Gasteiger charge is 2.07. The highest BCUT2D eigenvalue weighted by molar-refractivity contribution is 7.07. The van der Waals surface area contributed by atoms with Crippen molar-refractivity contribution in [2.75, 3.05) is 0 Å². The van der Waals surface area contributed by atoms with Gasteiger partial charge in [-0.1, -0.05) is 17.7 Å². The minimum Gasteiger partial charge on any atom is -0.319 e. The molecule has 0 aliphatic heterocycles. The van der Waals surface area contributed by atoms with E-state index in [0.717, 1.165) is 11.3 Å². The third-order valence-electron chi connectivity index (χ3n) is 3.00. The predicted octanol–water partition coefficient (Wildman–Crippen LogP) is 2.49. The molecule has 23 heavy (non-hydrogen) atoms. The fourth-order valence-electron chi connectivity index (χ4n) is 1.85. The van der Waals surface area contributed by atoms with E-state index in [-0.39, 0.29) is 5.69 Å². The van der Waals surface area contributed by atoms with Crippen molar-refractivity contribution in [1.29, 1.82) is 0 Å². The van der Waals surface area contributed by atoms with Gasteiger partial charge in [-0.2, -0.15) is 4.99 Å². The molecule has 6 nitrogen and oxygen atoms in total. The van der Waals surface area contributed by atoms with Gasteiger partial charge in [0.05, 0.1) is 18.4 Å². The number of pyridine rings is 1. The van der Waals surface area contributed by atoms with E-state index < -0.39 is 5.91 Å². The topological polar surface area (TPSA) is 73.0 Å². The van der Waals surface area contributed by atoms with Crippen LogP contribution in [-0.4, -0.2) is 25.4 Å². The maximum Gasteiger partial charge on any atom is 0.299 e. The van der Waals surface area contributed by atoms with Gasteiger partial charge in [-0.15, -0.1) is 11.3 Å². The molecule has 0 N–H and O–H groups in total. The Bertz CT molecular complexity index is 883. The average molecular weight is 346 g/mol. The summed E-state index contributed by atoms with van der Waals surface area (Å²) in [4.78, 5) is 29.0. The second-order valence-corrected chi connectivity index (χ2v) is 6.02. The highest BCUT2D eigenvalue weighted by atomic mass is 35.5. The van der Waals surface area contributed by atoms with Crippen molar-refractivity contribution < 1.29 is 4.79 Å². The van der Waals surface area contributed by atoms with E-state index >= 15 is 0 Å². The molecule has 0 saturated carbocycles. The number of rotatable bonds is 3. The lowest BCUT2D eigenvalue weighted by Crippen LogP contribution is -2.17. The Labute approximate surface area is 141 Å². The van der Waals surface area contributed by atoms with Gasteiger partial charge in [-0.3, -0.25) is 9.78 Å². The van der Waals surface area contributed by atoms with Crippen LogP contribution in [0.5, 0.6) is 0 Å². The summed E-state index contributed by atoms with van der Waals surface area (Å²) in [5.41, 5.74) is 1.95. The lowest BCUT2D eigenvalue weighted by Gasteiger charge is -2.02. The standard InChI is InChI=1S/C15H12ClN5OS/c1-10-6-18-12(8-17-10)14(22)20-15-21(4-5-23-15)9-11-2-3-13(16)19-7-11/h2-8H,9H2,1H3/b20-15+. The Morgan fingerprint density at radius 1 is 1.26 bits per heavy atom. The Morgan fingerprint density at radius 3 is 2.83 bits per heavy atom. The molecule has 0 saturated heterocycles. The zero-order chi connectivity index (χ0) is 16.2. The molecule has 3 heterocycles. The monoisotopic (exact) mass is 345 g/mol. The molecule has 3 aromatic heterocycles. The van der Waals surface area contributed by atoms with Crippen molar-refractivity contribution >= 4 is 28.8 Å². The number of thiazole rings is 1. The Balaban J connectivity index is 1.86. The van der Waals surface area contributed by atoms with Crippen molar-refractivity contribution in [3.63, 3.8) is 0 Å². The maximum atomic E-state index is 12.2. The molecule has 0 aromatic carbocycles. The molecule has 1 amide bonds. The number of hydrogen-bond donors (Lipinski definition) is 0. The van der Waals surface area contributed by atoms with Crippen molar-refractivity contribution in [3.05, 3.63) is 69.2 Å². The van der Waals surface area contributed by atoms with Gasteiger partial charge in [0.2, 0.25) is 0 Å². The number of aromatic nitrogens is 4. The zero-order valence-electron chi connectivity index (χ0n) is 12.2. The summed E-state index contributed by atoms with van der Waals surface area (Å²) in [6.45, 7) is 2.37. The second-order valence-electron chi connectivity index (χ2n) is 4.76. The molecule has 0 atom stereocenters. The molecular weight excluding hydrogens is 334 g/mol. The van der Waals surface area contributed by atoms with Gasteiger partial charge < -0.3 is 4.57 Å². The van der Waals surface area contributed by atoms with Crippen LogP contribution in [0.1, 0.15) is 21.7 Å². The molecule has 0 bridgehead atoms. The van der Waals surface area contributed by atoms with Crippen LogP contribution in [0.2, 0.25) is 5.15 Å². The van der Waals surface area contributed by atoms with Crippen LogP contribution in [0.25, 0.3) is 0 Å². The SMILES string of the molecule is Cc1cnc(C(=O)/N=c2/sccn2Cc2ccc(Cl)nc2)cn1. The molecule has 0 aliphatic carbocycles. The van der Waals surface area contributed by atoms with E-state index in [1.807, 2.05) is 29.1 Å². The summed E-state index contributed by atoms with van der Waals surface area (Å²) in [5.74, 6) is -0.414. The molecule has 0 spiro atoms. The molecule has 3 aromatic rings. The second kappa shape index (κ2) is 6.80. The quantitative estimate of drug-likeness (QED) is 0.683. The fourth-order valence-corrected chi connectivity index (χ4v) is 2.69. The summed E-state index contributed by atoms with van der Waals surface area (Å²) in [6, 6.07) is 3.62. The van der Waals surface area contributed by atoms with Crippen molar-refractivity contribution in [3.8, 4) is 0 Å². The van der Waals surface area contributed by atoms with Crippen LogP contribution >= 0.6 is 22.9 Å². The molecule has 0 aliphatic rings. The van der Waals surface area contributed by atoms with E-state index in [1.165, 1.54) is 17.5 Å². The molecule has 0 unspecified atom stereocenters. The van der Waals surface area contributed by atoms with Gasteiger partial charge in [-0.25, -0.2) is 9.97 Å². The minimum atomic E-state index is -0.414. The average Bonchev–Trinajstić information content (AvgIpc) is 2.97. The minimum absolute atomic E-state index is 0.226. The lowest BCUT2D eigenvalue weighted by molar-refractivity contribution is 0.0992. The van der Waals surface area contributed by atoms with E-state index in [0.29, 0.717) is 16.5 Å². The van der Waals surface area contributed by atoms with Gasteiger partial charge in [0, 0.05) is 24.0 Å². The largest absolute Gasteiger partial charge is 0.319 e. The Morgan fingerprint density at radius 2 is 2.13 bits per heavy atom. The number of carbonyl (C=O) groups excluding carboxylic acids is 1. The Hall–Kier alpha value is -2.38. The first-order valence-corrected chi connectivity index (χ1v) is 7.99. The number of hydrogen-bond acceptors (Lipinski definition) is 5. The molecule has 0 fully saturated rings. The van der Waals surface area contributed by atoms with Gasteiger partial charge in [0.1, 0.15) is 10.8 Å². The van der Waals surface area contributed by atoms with Crippen LogP contribution in [0.4, 0.5) is 0 Å². The highest BCUT2D eigenvalue weighted by Crippen LogP contribution is 2.07. The van der Waals surface area contributed by atoms with Gasteiger partial charge in [0.15, 0.2) is 4.80 Å². The van der Waals surface area contributed by atoms with E-state index in [2.05, 4.69) is 19.9 Å². The molecule has 8 heteroatoms. The van der Waals surface area contributed by atoms with Crippen LogP contribution in [0.3, 0.4) is 0 Å². The molecule has 3 rings (SSSR count). The summed E-state index contributed by atoms with van der Waals surface area (Å²) in [7, 11) is 0. The van der Waals surface area contributed by atoms with Crippen LogP contribution in [0, 0.1) is 6.92 Å². The molecule has 116 valence electrons. The number of carbonyl (C=O) groups is 1. The zero-order valence-corrected chi connectivity index (χ0v) is 13.8. The normalized spacial score (nSPS) is 11.7. The van der Waals surface area contributed by atoms with Crippen LogP contribution in [-0.2, 0) is 6.54 Å². The summed E-state index contributed by atoms with van der Waals surface area (Å²) >= 11 is 7.16. The molecule has 0 radical (unpaired) electrons. The van der Waals surface area contributed by atoms with E-state index in [1.54, 1.807) is 18.5 Å². The summed E-state index contributed by atoms with van der Waals surface area (Å²) in [5, 5.41) is 2.32. The van der Waals surface area contributed by atoms with Gasteiger partial charge in [0.25, 0.3) is 5.91 Å². The van der Waals surface area contributed by atoms with Crippen LogP contribution < -0.4 is 4.80 Å². The third kappa shape index (κ3) is 3.88. The van der Waals surface area contributed by atoms with E-state index in [9.17, 15) is 4.79 Å². The number of halogens is 1. The number of amides is 1. The maximum absolute atomic E-state index is 12.2. The van der Waals surface area contributed by atoms with Gasteiger partial charge >= 0.3 is 0 Å².